The molecule has 0 saturated heterocycles. The predicted octanol–water partition coefficient (Wildman–Crippen LogP) is 3.14. The van der Waals surface area contributed by atoms with Crippen molar-refractivity contribution in [2.75, 3.05) is 0 Å². The van der Waals surface area contributed by atoms with Crippen LogP contribution in [0, 0.1) is 5.41 Å². The van der Waals surface area contributed by atoms with Crippen molar-refractivity contribution < 1.29 is 14.6 Å². The Balaban J connectivity index is 2.22. The Bertz CT molecular complexity index is 445. The minimum absolute atomic E-state index is 0.196. The second kappa shape index (κ2) is 4.73. The molecule has 1 aliphatic carbocycles. The molecule has 0 aromatic heterocycles. The Morgan fingerprint density at radius 3 is 2.44 bits per heavy atom. The zero-order valence-corrected chi connectivity index (χ0v) is 11.1. The molecule has 0 fully saturated rings. The highest BCUT2D eigenvalue weighted by atomic mass is 16.5. The van der Waals surface area contributed by atoms with Crippen LogP contribution in [0.3, 0.4) is 0 Å². The monoisotopic (exact) mass is 248 g/mol. The Morgan fingerprint density at radius 2 is 1.83 bits per heavy atom. The molecular formula is C15H20O3. The zero-order chi connectivity index (χ0) is 13.3. The molecule has 0 unspecified atom stereocenters. The van der Waals surface area contributed by atoms with E-state index in [0.29, 0.717) is 12.8 Å². The van der Waals surface area contributed by atoms with Crippen LogP contribution in [0.25, 0.3) is 0 Å². The summed E-state index contributed by atoms with van der Waals surface area (Å²) >= 11 is 0. The van der Waals surface area contributed by atoms with E-state index in [4.69, 9.17) is 4.74 Å². The first-order valence-electron chi connectivity index (χ1n) is 6.37. The average molecular weight is 248 g/mol. The first-order valence-corrected chi connectivity index (χ1v) is 6.37. The smallest absolute Gasteiger partial charge is 0.311 e. The van der Waals surface area contributed by atoms with E-state index in [9.17, 15) is 9.90 Å². The number of esters is 1. The summed E-state index contributed by atoms with van der Waals surface area (Å²) < 4.78 is 5.58. The number of aliphatic hydroxyl groups excluding tert-OH is 1. The molecule has 3 nitrogen and oxygen atoms in total. The van der Waals surface area contributed by atoms with Gasteiger partial charge in [-0.1, -0.05) is 24.3 Å². The van der Waals surface area contributed by atoms with Crippen LogP contribution in [0.4, 0.5) is 0 Å². The number of carbonyl (C=O) groups is 1. The maximum atomic E-state index is 11.9. The highest BCUT2D eigenvalue weighted by Gasteiger charge is 2.31. The predicted molar refractivity (Wildman–Crippen MR) is 68.9 cm³/mol. The summed E-state index contributed by atoms with van der Waals surface area (Å²) in [5.41, 5.74) is 1.33. The Labute approximate surface area is 108 Å². The molecule has 0 aliphatic heterocycles. The molecule has 2 rings (SSSR count). The summed E-state index contributed by atoms with van der Waals surface area (Å²) in [5.74, 6) is -0.196. The third-order valence-corrected chi connectivity index (χ3v) is 3.27. The SMILES string of the molecule is CC(C)(C)C(=O)O[C@H]1CC[C@H](O)c2ccccc21. The number of ether oxygens (including phenoxy) is 1. The summed E-state index contributed by atoms with van der Waals surface area (Å²) in [7, 11) is 0. The number of hydrogen-bond donors (Lipinski definition) is 1. The molecule has 0 bridgehead atoms. The largest absolute Gasteiger partial charge is 0.457 e. The van der Waals surface area contributed by atoms with Crippen molar-refractivity contribution in [1.29, 1.82) is 0 Å². The molecule has 2 atom stereocenters. The number of fused-ring (bicyclic) bond motifs is 1. The molecule has 98 valence electrons. The Kier molecular flexibility index (Phi) is 3.44. The minimum atomic E-state index is -0.495. The van der Waals surface area contributed by atoms with Gasteiger partial charge in [0.1, 0.15) is 6.10 Å². The van der Waals surface area contributed by atoms with E-state index in [1.54, 1.807) is 0 Å². The molecule has 0 radical (unpaired) electrons. The lowest BCUT2D eigenvalue weighted by Crippen LogP contribution is -2.27. The van der Waals surface area contributed by atoms with Crippen molar-refractivity contribution in [2.45, 2.75) is 45.8 Å². The lowest BCUT2D eigenvalue weighted by atomic mass is 9.87. The van der Waals surface area contributed by atoms with Gasteiger partial charge in [0.05, 0.1) is 11.5 Å². The summed E-state index contributed by atoms with van der Waals surface area (Å²) in [6, 6.07) is 7.64. The van der Waals surface area contributed by atoms with Crippen LogP contribution in [0.2, 0.25) is 0 Å². The van der Waals surface area contributed by atoms with Crippen molar-refractivity contribution in [1.82, 2.24) is 0 Å². The van der Waals surface area contributed by atoms with Gasteiger partial charge in [-0.3, -0.25) is 4.79 Å². The first-order chi connectivity index (χ1) is 8.39. The van der Waals surface area contributed by atoms with Gasteiger partial charge < -0.3 is 9.84 Å². The van der Waals surface area contributed by atoms with Crippen LogP contribution in [-0.4, -0.2) is 11.1 Å². The van der Waals surface area contributed by atoms with E-state index in [0.717, 1.165) is 11.1 Å². The molecule has 1 N–H and O–H groups in total. The summed E-state index contributed by atoms with van der Waals surface area (Å²) in [5, 5.41) is 9.93. The van der Waals surface area contributed by atoms with E-state index in [-0.39, 0.29) is 12.1 Å². The van der Waals surface area contributed by atoms with Gasteiger partial charge in [-0.25, -0.2) is 0 Å². The minimum Gasteiger partial charge on any atom is -0.457 e. The van der Waals surface area contributed by atoms with Crippen LogP contribution < -0.4 is 0 Å². The molecule has 0 heterocycles. The van der Waals surface area contributed by atoms with Crippen LogP contribution in [-0.2, 0) is 9.53 Å². The second-order valence-electron chi connectivity index (χ2n) is 5.87. The van der Waals surface area contributed by atoms with Gasteiger partial charge >= 0.3 is 5.97 Å². The van der Waals surface area contributed by atoms with Crippen LogP contribution in [0.15, 0.2) is 24.3 Å². The third kappa shape index (κ3) is 2.56. The molecule has 0 saturated carbocycles. The number of rotatable bonds is 1. The lowest BCUT2D eigenvalue weighted by molar-refractivity contribution is -0.160. The lowest BCUT2D eigenvalue weighted by Gasteiger charge is -2.30. The molecule has 18 heavy (non-hydrogen) atoms. The van der Waals surface area contributed by atoms with Crippen LogP contribution >= 0.6 is 0 Å². The van der Waals surface area contributed by atoms with Gasteiger partial charge in [0.15, 0.2) is 0 Å². The zero-order valence-electron chi connectivity index (χ0n) is 11.1. The van der Waals surface area contributed by atoms with Gasteiger partial charge in [-0.2, -0.15) is 0 Å². The normalized spacial score (nSPS) is 23.3. The fourth-order valence-electron chi connectivity index (χ4n) is 2.16. The fraction of sp³-hybridized carbons (Fsp3) is 0.533. The summed E-state index contributed by atoms with van der Waals surface area (Å²) in [6.07, 6.45) is 0.654. The molecule has 1 aromatic rings. The van der Waals surface area contributed by atoms with E-state index in [2.05, 4.69) is 0 Å². The van der Waals surface area contributed by atoms with Crippen molar-refractivity contribution >= 4 is 5.97 Å². The highest BCUT2D eigenvalue weighted by Crippen LogP contribution is 2.38. The number of benzene rings is 1. The van der Waals surface area contributed by atoms with E-state index in [1.165, 1.54) is 0 Å². The number of carbonyl (C=O) groups excluding carboxylic acids is 1. The van der Waals surface area contributed by atoms with Gasteiger partial charge in [-0.05, 0) is 44.7 Å². The van der Waals surface area contributed by atoms with Crippen LogP contribution in [0.1, 0.15) is 56.9 Å². The average Bonchev–Trinajstić information content (AvgIpc) is 2.32. The second-order valence-corrected chi connectivity index (χ2v) is 5.87. The van der Waals surface area contributed by atoms with Gasteiger partial charge in [0.25, 0.3) is 0 Å². The standard InChI is InChI=1S/C15H20O3/c1-15(2,3)14(17)18-13-9-8-12(16)10-6-4-5-7-11(10)13/h4-7,12-13,16H,8-9H2,1-3H3/t12-,13-/m0/s1. The molecular weight excluding hydrogens is 228 g/mol. The van der Waals surface area contributed by atoms with Crippen molar-refractivity contribution in [2.24, 2.45) is 5.41 Å². The Hall–Kier alpha value is -1.35. The summed E-state index contributed by atoms with van der Waals surface area (Å²) in [4.78, 5) is 11.9. The maximum absolute atomic E-state index is 11.9. The molecule has 1 aliphatic rings. The van der Waals surface area contributed by atoms with Crippen molar-refractivity contribution in [3.05, 3.63) is 35.4 Å². The Morgan fingerprint density at radius 1 is 1.22 bits per heavy atom. The van der Waals surface area contributed by atoms with E-state index >= 15 is 0 Å². The van der Waals surface area contributed by atoms with E-state index in [1.807, 2.05) is 45.0 Å². The molecule has 0 spiro atoms. The summed E-state index contributed by atoms with van der Waals surface area (Å²) in [6.45, 7) is 5.54. The quantitative estimate of drug-likeness (QED) is 0.777. The number of aliphatic hydroxyl groups is 1. The number of hydrogen-bond acceptors (Lipinski definition) is 3. The third-order valence-electron chi connectivity index (χ3n) is 3.27. The van der Waals surface area contributed by atoms with Crippen molar-refractivity contribution in [3.63, 3.8) is 0 Å². The maximum Gasteiger partial charge on any atom is 0.311 e. The fourth-order valence-corrected chi connectivity index (χ4v) is 2.16. The van der Waals surface area contributed by atoms with E-state index < -0.39 is 11.5 Å². The molecule has 3 heteroatoms. The molecule has 0 amide bonds. The van der Waals surface area contributed by atoms with Gasteiger partial charge in [0, 0.05) is 0 Å². The molecule has 1 aromatic carbocycles. The first kappa shape index (κ1) is 13.1. The highest BCUT2D eigenvalue weighted by molar-refractivity contribution is 5.75. The van der Waals surface area contributed by atoms with Crippen LogP contribution in [0.5, 0.6) is 0 Å². The van der Waals surface area contributed by atoms with Gasteiger partial charge in [0.2, 0.25) is 0 Å². The van der Waals surface area contributed by atoms with Crippen molar-refractivity contribution in [3.8, 4) is 0 Å². The van der Waals surface area contributed by atoms with Gasteiger partial charge in [-0.15, -0.1) is 0 Å². The topological polar surface area (TPSA) is 46.5 Å².